The van der Waals surface area contributed by atoms with Crippen molar-refractivity contribution >= 4 is 26.7 Å². The maximum atomic E-state index is 11.8. The zero-order valence-corrected chi connectivity index (χ0v) is 25.9. The molecule has 8 heteroatoms. The summed E-state index contributed by atoms with van der Waals surface area (Å²) < 4.78 is 35.3. The van der Waals surface area contributed by atoms with Crippen molar-refractivity contribution in [2.75, 3.05) is 25.9 Å². The van der Waals surface area contributed by atoms with Crippen molar-refractivity contribution in [3.05, 3.63) is 70.6 Å². The number of likely N-dealkylation sites (N-methyl/N-ethyl adjacent to an activating group) is 1. The van der Waals surface area contributed by atoms with Gasteiger partial charge >= 0.3 is 6.18 Å². The van der Waals surface area contributed by atoms with Crippen LogP contribution in [0.5, 0.6) is 0 Å². The summed E-state index contributed by atoms with van der Waals surface area (Å²) in [5.74, 6) is 5.00. The third-order valence-corrected chi connectivity index (χ3v) is 7.82. The largest absolute Gasteiger partial charge is 0.433 e. The van der Waals surface area contributed by atoms with E-state index in [4.69, 9.17) is 11.8 Å². The highest BCUT2D eigenvalue weighted by molar-refractivity contribution is 8.03. The number of alkyl halides is 3. The van der Waals surface area contributed by atoms with Crippen LogP contribution >= 0.6 is 21.0 Å². The predicted octanol–water partition coefficient (Wildman–Crippen LogP) is 8.43. The fourth-order valence-electron chi connectivity index (χ4n) is 2.94. The average Bonchev–Trinajstić information content (AvgIpc) is 2.87. The van der Waals surface area contributed by atoms with Crippen LogP contribution < -0.4 is 10.6 Å². The van der Waals surface area contributed by atoms with Gasteiger partial charge in [0.25, 0.3) is 0 Å². The Balaban J connectivity index is 0. The van der Waals surface area contributed by atoms with E-state index < -0.39 is 11.9 Å². The number of halogens is 3. The maximum absolute atomic E-state index is 11.8. The summed E-state index contributed by atoms with van der Waals surface area (Å²) in [5.41, 5.74) is 0.867. The predicted molar refractivity (Wildman–Crippen MR) is 168 cm³/mol. The Morgan fingerprint density at radius 1 is 1.29 bits per heavy atom. The van der Waals surface area contributed by atoms with Gasteiger partial charge in [0.1, 0.15) is 5.71 Å². The summed E-state index contributed by atoms with van der Waals surface area (Å²) >= 11 is 2.04. The van der Waals surface area contributed by atoms with E-state index in [1.807, 2.05) is 44.8 Å². The molecule has 0 saturated heterocycles. The SMILES string of the molecule is C#C/C=C\C(C)=C/C.C=C(NCCNC)C1CCC(P)=C(SCC(C)C)C1.C=C/C(=C/C)C(=N)C(F)(F)F. The van der Waals surface area contributed by atoms with Gasteiger partial charge in [0.2, 0.25) is 0 Å². The number of hydrogen-bond donors (Lipinski definition) is 3. The molecule has 0 saturated carbocycles. The van der Waals surface area contributed by atoms with E-state index in [1.54, 1.807) is 11.0 Å². The second-order valence-electron chi connectivity index (χ2n) is 9.00. The zero-order valence-electron chi connectivity index (χ0n) is 23.9. The van der Waals surface area contributed by atoms with Crippen LogP contribution in [-0.4, -0.2) is 37.8 Å². The van der Waals surface area contributed by atoms with Crippen molar-refractivity contribution in [2.45, 2.75) is 60.1 Å². The summed E-state index contributed by atoms with van der Waals surface area (Å²) in [6, 6.07) is 0. The molecule has 38 heavy (non-hydrogen) atoms. The number of thioether (sulfide) groups is 1. The van der Waals surface area contributed by atoms with E-state index in [2.05, 4.69) is 52.8 Å². The molecule has 0 bridgehead atoms. The van der Waals surface area contributed by atoms with E-state index in [-0.39, 0.29) is 5.57 Å². The van der Waals surface area contributed by atoms with Gasteiger partial charge in [-0.1, -0.05) is 62.8 Å². The lowest BCUT2D eigenvalue weighted by Gasteiger charge is -2.28. The molecule has 2 atom stereocenters. The van der Waals surface area contributed by atoms with Gasteiger partial charge in [-0.05, 0) is 74.9 Å². The van der Waals surface area contributed by atoms with Crippen molar-refractivity contribution in [3.63, 3.8) is 0 Å². The fourth-order valence-corrected chi connectivity index (χ4v) is 4.61. The molecule has 0 aromatic heterocycles. The fraction of sp³-hybridized carbons (Fsp3) is 0.500. The van der Waals surface area contributed by atoms with Gasteiger partial charge in [0.05, 0.1) is 0 Å². The minimum Gasteiger partial charge on any atom is -0.387 e. The highest BCUT2D eigenvalue weighted by Gasteiger charge is 2.35. The Hall–Kier alpha value is -2.00. The Morgan fingerprint density at radius 3 is 2.34 bits per heavy atom. The highest BCUT2D eigenvalue weighted by Crippen LogP contribution is 2.41. The zero-order chi connectivity index (χ0) is 29.7. The van der Waals surface area contributed by atoms with E-state index in [1.165, 1.54) is 54.6 Å². The lowest BCUT2D eigenvalue weighted by Crippen LogP contribution is -2.28. The van der Waals surface area contributed by atoms with Gasteiger partial charge in [0, 0.05) is 30.5 Å². The Morgan fingerprint density at radius 2 is 1.92 bits per heavy atom. The minimum atomic E-state index is -4.57. The van der Waals surface area contributed by atoms with Crippen molar-refractivity contribution < 1.29 is 13.2 Å². The van der Waals surface area contributed by atoms with Crippen LogP contribution in [0.25, 0.3) is 0 Å². The monoisotopic (exact) mass is 569 g/mol. The standard InChI is InChI=1S/C15H29N2PS.C8H10.C7H8F3N/c1-11(2)10-19-15-9-13(5-6-14(15)18)12(3)17-8-7-16-4;1-4-6-7-8(3)5-2;1-3-5(4-2)6(11)7(8,9)10/h11,13,16-17H,3,5-10,18H2,1-2,4H3;1,5-7H,2-3H3;3-4,11H,1H2,2H3/b;7-6-,8-5-;5-4-,11-6?. The van der Waals surface area contributed by atoms with E-state index in [9.17, 15) is 13.2 Å². The first-order valence-electron chi connectivity index (χ1n) is 12.7. The van der Waals surface area contributed by atoms with Gasteiger partial charge in [-0.3, -0.25) is 5.41 Å². The van der Waals surface area contributed by atoms with Crippen LogP contribution in [0.2, 0.25) is 0 Å². The number of rotatable bonds is 11. The molecular formula is C30H47F3N3PS. The van der Waals surface area contributed by atoms with Crippen molar-refractivity contribution in [1.82, 2.24) is 10.6 Å². The van der Waals surface area contributed by atoms with Crippen LogP contribution in [0.15, 0.2) is 70.6 Å². The molecule has 0 aromatic carbocycles. The molecule has 0 fully saturated rings. The van der Waals surface area contributed by atoms with Gasteiger partial charge in [-0.25, -0.2) is 0 Å². The van der Waals surface area contributed by atoms with E-state index >= 15 is 0 Å². The highest BCUT2D eigenvalue weighted by atomic mass is 32.2. The Labute approximate surface area is 236 Å². The third kappa shape index (κ3) is 18.3. The van der Waals surface area contributed by atoms with E-state index in [0.29, 0.717) is 5.92 Å². The van der Waals surface area contributed by atoms with Gasteiger partial charge in [0.15, 0.2) is 0 Å². The van der Waals surface area contributed by atoms with Crippen LogP contribution in [0.3, 0.4) is 0 Å². The molecule has 1 aliphatic carbocycles. The Bertz CT molecular complexity index is 907. The number of hydrogen-bond acceptors (Lipinski definition) is 4. The van der Waals surface area contributed by atoms with Crippen LogP contribution in [-0.2, 0) is 0 Å². The van der Waals surface area contributed by atoms with Gasteiger partial charge < -0.3 is 10.6 Å². The van der Waals surface area contributed by atoms with Crippen molar-refractivity contribution in [2.24, 2.45) is 11.8 Å². The van der Waals surface area contributed by atoms with E-state index in [0.717, 1.165) is 25.1 Å². The van der Waals surface area contributed by atoms with Gasteiger partial charge in [-0.2, -0.15) is 13.2 Å². The van der Waals surface area contributed by atoms with Crippen molar-refractivity contribution in [1.29, 1.82) is 5.41 Å². The summed E-state index contributed by atoms with van der Waals surface area (Å²) in [6.07, 6.45) is 11.8. The molecule has 0 spiro atoms. The van der Waals surface area contributed by atoms with Crippen LogP contribution in [0.1, 0.15) is 53.9 Å². The van der Waals surface area contributed by atoms with Crippen LogP contribution in [0.4, 0.5) is 13.2 Å². The lowest BCUT2D eigenvalue weighted by atomic mass is 9.91. The Kier molecular flexibility index (Phi) is 22.0. The molecule has 0 amide bonds. The minimum absolute atomic E-state index is 0.197. The molecule has 0 aromatic rings. The van der Waals surface area contributed by atoms with Crippen molar-refractivity contribution in [3.8, 4) is 12.3 Å². The molecule has 1 aliphatic rings. The molecule has 214 valence electrons. The quantitative estimate of drug-likeness (QED) is 0.0770. The molecule has 1 rings (SSSR count). The molecular weight excluding hydrogens is 522 g/mol. The molecule has 0 heterocycles. The molecule has 3 N–H and O–H groups in total. The average molecular weight is 570 g/mol. The smallest absolute Gasteiger partial charge is 0.387 e. The summed E-state index contributed by atoms with van der Waals surface area (Å²) in [4.78, 5) is 1.58. The summed E-state index contributed by atoms with van der Waals surface area (Å²) in [5, 5.41) is 14.8. The summed E-state index contributed by atoms with van der Waals surface area (Å²) in [6.45, 7) is 19.3. The lowest BCUT2D eigenvalue weighted by molar-refractivity contribution is -0.0588. The molecule has 3 nitrogen and oxygen atoms in total. The second kappa shape index (κ2) is 21.9. The molecule has 0 radical (unpaired) electrons. The maximum Gasteiger partial charge on any atom is 0.433 e. The number of terminal acetylenes is 1. The van der Waals surface area contributed by atoms with Crippen LogP contribution in [0, 0.1) is 29.6 Å². The topological polar surface area (TPSA) is 47.9 Å². The number of allylic oxidation sites excluding steroid dienone is 10. The second-order valence-corrected chi connectivity index (χ2v) is 10.8. The molecule has 2 unspecified atom stereocenters. The number of nitrogens with one attached hydrogen (secondary N) is 3. The molecule has 0 aliphatic heterocycles. The first kappa shape index (κ1) is 38.1. The first-order valence-corrected chi connectivity index (χ1v) is 14.2. The van der Waals surface area contributed by atoms with Gasteiger partial charge in [-0.15, -0.1) is 27.4 Å². The third-order valence-electron chi connectivity index (χ3n) is 5.36. The normalized spacial score (nSPS) is 16.2. The summed E-state index contributed by atoms with van der Waals surface area (Å²) in [7, 11) is 4.92. The first-order chi connectivity index (χ1) is 17.8.